The molecule has 0 unspecified atom stereocenters. The second-order valence-corrected chi connectivity index (χ2v) is 5.94. The van der Waals surface area contributed by atoms with Crippen LogP contribution in [-0.2, 0) is 9.47 Å². The van der Waals surface area contributed by atoms with E-state index in [2.05, 4.69) is 10.3 Å². The van der Waals surface area contributed by atoms with Gasteiger partial charge in [-0.2, -0.15) is 0 Å². The second kappa shape index (κ2) is 6.64. The highest BCUT2D eigenvalue weighted by Crippen LogP contribution is 2.21. The lowest BCUT2D eigenvalue weighted by Gasteiger charge is -2.19. The normalized spacial score (nSPS) is 20.8. The lowest BCUT2D eigenvalue weighted by molar-refractivity contribution is 0.0402. The lowest BCUT2D eigenvalue weighted by atomic mass is 10.0. The van der Waals surface area contributed by atoms with E-state index in [0.717, 1.165) is 22.2 Å². The molecule has 1 aromatic carbocycles. The molecule has 2 aromatic rings. The number of benzene rings is 1. The maximum Gasteiger partial charge on any atom is 0.252 e. The highest BCUT2D eigenvalue weighted by molar-refractivity contribution is 6.06. The number of pyridine rings is 1. The van der Waals surface area contributed by atoms with Crippen molar-refractivity contribution in [3.05, 3.63) is 41.1 Å². The Bertz CT molecular complexity index is 730. The van der Waals surface area contributed by atoms with Crippen molar-refractivity contribution in [3.63, 3.8) is 0 Å². The van der Waals surface area contributed by atoms with Crippen molar-refractivity contribution in [1.29, 1.82) is 0 Å². The van der Waals surface area contributed by atoms with Crippen LogP contribution in [0.1, 0.15) is 28.5 Å². The molecule has 5 nitrogen and oxygen atoms in total. The van der Waals surface area contributed by atoms with E-state index >= 15 is 0 Å². The summed E-state index contributed by atoms with van der Waals surface area (Å²) in [6, 6.07) is 7.68. The number of carbonyl (C=O) groups is 1. The number of fused-ring (bicyclic) bond motifs is 1. The molecule has 0 bridgehead atoms. The van der Waals surface area contributed by atoms with Gasteiger partial charge in [-0.25, -0.2) is 0 Å². The summed E-state index contributed by atoms with van der Waals surface area (Å²) in [5.74, 6) is -0.105. The van der Waals surface area contributed by atoms with Crippen LogP contribution >= 0.6 is 0 Å². The largest absolute Gasteiger partial charge is 0.376 e. The van der Waals surface area contributed by atoms with Crippen molar-refractivity contribution >= 4 is 16.8 Å². The van der Waals surface area contributed by atoms with Crippen LogP contribution in [0, 0.1) is 13.8 Å². The monoisotopic (exact) mass is 314 g/mol. The summed E-state index contributed by atoms with van der Waals surface area (Å²) in [5.41, 5.74) is 3.42. The van der Waals surface area contributed by atoms with Crippen LogP contribution in [0.3, 0.4) is 0 Å². The van der Waals surface area contributed by atoms with Gasteiger partial charge in [0.15, 0.2) is 0 Å². The molecule has 0 aliphatic carbocycles. The Morgan fingerprint density at radius 1 is 1.35 bits per heavy atom. The summed E-state index contributed by atoms with van der Waals surface area (Å²) in [7, 11) is 0. The molecular formula is C18H22N2O3. The molecule has 5 heteroatoms. The Hall–Kier alpha value is -1.98. The van der Waals surface area contributed by atoms with Crippen molar-refractivity contribution in [2.45, 2.75) is 32.9 Å². The van der Waals surface area contributed by atoms with Gasteiger partial charge in [-0.3, -0.25) is 9.78 Å². The van der Waals surface area contributed by atoms with Gasteiger partial charge in [0.05, 0.1) is 30.3 Å². The number of nitrogens with zero attached hydrogens (tertiary/aromatic N) is 1. The molecule has 0 saturated carbocycles. The van der Waals surface area contributed by atoms with E-state index in [0.29, 0.717) is 25.4 Å². The van der Waals surface area contributed by atoms with E-state index in [4.69, 9.17) is 9.47 Å². The van der Waals surface area contributed by atoms with Crippen LogP contribution in [0.2, 0.25) is 0 Å². The first kappa shape index (κ1) is 15.9. The summed E-state index contributed by atoms with van der Waals surface area (Å²) in [5, 5.41) is 3.93. The number of hydrogen-bond donors (Lipinski definition) is 1. The topological polar surface area (TPSA) is 60.5 Å². The minimum Gasteiger partial charge on any atom is -0.376 e. The van der Waals surface area contributed by atoms with E-state index < -0.39 is 0 Å². The van der Waals surface area contributed by atoms with Crippen molar-refractivity contribution < 1.29 is 14.3 Å². The maximum atomic E-state index is 12.8. The average molecular weight is 314 g/mol. The molecule has 1 aliphatic heterocycles. The quantitative estimate of drug-likeness (QED) is 0.941. The smallest absolute Gasteiger partial charge is 0.252 e. The molecular weight excluding hydrogens is 292 g/mol. The number of rotatable bonds is 4. The number of nitrogens with one attached hydrogen (secondary N) is 1. The van der Waals surface area contributed by atoms with Gasteiger partial charge in [0.1, 0.15) is 6.10 Å². The van der Waals surface area contributed by atoms with Crippen LogP contribution < -0.4 is 5.32 Å². The molecule has 0 radical (unpaired) electrons. The van der Waals surface area contributed by atoms with Gasteiger partial charge in [-0.15, -0.1) is 0 Å². The average Bonchev–Trinajstić information content (AvgIpc) is 2.94. The summed E-state index contributed by atoms with van der Waals surface area (Å²) in [6.07, 6.45) is -0.0834. The first-order valence-corrected chi connectivity index (χ1v) is 7.96. The fourth-order valence-corrected chi connectivity index (χ4v) is 2.95. The molecule has 23 heavy (non-hydrogen) atoms. The zero-order valence-corrected chi connectivity index (χ0v) is 13.8. The van der Waals surface area contributed by atoms with E-state index in [1.54, 1.807) is 0 Å². The van der Waals surface area contributed by atoms with Crippen LogP contribution in [0.15, 0.2) is 24.3 Å². The van der Waals surface area contributed by atoms with Gasteiger partial charge >= 0.3 is 0 Å². The van der Waals surface area contributed by atoms with Crippen LogP contribution in [0.5, 0.6) is 0 Å². The summed E-state index contributed by atoms with van der Waals surface area (Å²) in [6.45, 7) is 7.47. The number of aromatic nitrogens is 1. The fraction of sp³-hybridized carbons (Fsp3) is 0.444. The van der Waals surface area contributed by atoms with Crippen molar-refractivity contribution in [2.24, 2.45) is 0 Å². The predicted molar refractivity (Wildman–Crippen MR) is 88.7 cm³/mol. The van der Waals surface area contributed by atoms with Gasteiger partial charge in [0, 0.05) is 17.7 Å². The van der Waals surface area contributed by atoms with Gasteiger partial charge in [-0.05, 0) is 39.0 Å². The van der Waals surface area contributed by atoms with Crippen LogP contribution in [0.4, 0.5) is 0 Å². The first-order chi connectivity index (χ1) is 11.1. The Kier molecular flexibility index (Phi) is 4.59. The van der Waals surface area contributed by atoms with E-state index in [1.165, 1.54) is 0 Å². The van der Waals surface area contributed by atoms with Crippen molar-refractivity contribution in [2.75, 3.05) is 19.8 Å². The molecule has 0 spiro atoms. The molecule has 3 rings (SSSR count). The number of amides is 1. The van der Waals surface area contributed by atoms with Gasteiger partial charge in [-0.1, -0.05) is 11.6 Å². The minimum atomic E-state index is -0.115. The van der Waals surface area contributed by atoms with E-state index in [-0.39, 0.29) is 18.1 Å². The molecule has 1 amide bonds. The van der Waals surface area contributed by atoms with Crippen molar-refractivity contribution in [3.8, 4) is 0 Å². The molecule has 122 valence electrons. The molecule has 2 heterocycles. The van der Waals surface area contributed by atoms with Crippen LogP contribution in [-0.4, -0.2) is 42.9 Å². The summed E-state index contributed by atoms with van der Waals surface area (Å²) < 4.78 is 11.1. The summed E-state index contributed by atoms with van der Waals surface area (Å²) in [4.78, 5) is 17.3. The zero-order chi connectivity index (χ0) is 16.4. The third kappa shape index (κ3) is 3.35. The molecule has 2 atom stereocenters. The van der Waals surface area contributed by atoms with Gasteiger partial charge in [0.25, 0.3) is 5.91 Å². The minimum absolute atomic E-state index is 0.0834. The number of ether oxygens (including phenoxy) is 2. The Morgan fingerprint density at radius 3 is 2.96 bits per heavy atom. The lowest BCUT2D eigenvalue weighted by Crippen LogP contribution is -2.43. The van der Waals surface area contributed by atoms with E-state index in [9.17, 15) is 4.79 Å². The van der Waals surface area contributed by atoms with E-state index in [1.807, 2.05) is 45.0 Å². The Morgan fingerprint density at radius 2 is 2.17 bits per heavy atom. The zero-order valence-electron chi connectivity index (χ0n) is 13.8. The third-order valence-electron chi connectivity index (χ3n) is 4.06. The number of aryl methyl sites for hydroxylation is 2. The maximum absolute atomic E-state index is 12.8. The SMILES string of the molecule is CCO[C@H]1COC[C@@H]1NC(=O)c1cc(C)nc2ccc(C)cc12. The molecule has 1 fully saturated rings. The fourth-order valence-electron chi connectivity index (χ4n) is 2.95. The second-order valence-electron chi connectivity index (χ2n) is 5.94. The predicted octanol–water partition coefficient (Wildman–Crippen LogP) is 2.39. The summed E-state index contributed by atoms with van der Waals surface area (Å²) >= 11 is 0. The van der Waals surface area contributed by atoms with Crippen LogP contribution in [0.25, 0.3) is 10.9 Å². The third-order valence-corrected chi connectivity index (χ3v) is 4.06. The molecule has 1 saturated heterocycles. The van der Waals surface area contributed by atoms with Crippen molar-refractivity contribution in [1.82, 2.24) is 10.3 Å². The standard InChI is InChI=1S/C18H22N2O3/c1-4-23-17-10-22-9-16(17)20-18(21)14-8-12(3)19-15-6-5-11(2)7-13(14)15/h5-8,16-17H,4,9-10H2,1-3H3,(H,20,21)/t16-,17-/m0/s1. The molecule has 1 aromatic heterocycles. The highest BCUT2D eigenvalue weighted by Gasteiger charge is 2.30. The number of carbonyl (C=O) groups excluding carboxylic acids is 1. The Labute approximate surface area is 136 Å². The highest BCUT2D eigenvalue weighted by atomic mass is 16.5. The number of hydrogen-bond acceptors (Lipinski definition) is 4. The molecule has 1 N–H and O–H groups in total. The molecule has 1 aliphatic rings. The van der Waals surface area contributed by atoms with Gasteiger partial charge in [0.2, 0.25) is 0 Å². The first-order valence-electron chi connectivity index (χ1n) is 7.96. The van der Waals surface area contributed by atoms with Gasteiger partial charge < -0.3 is 14.8 Å². The Balaban J connectivity index is 1.90.